The van der Waals surface area contributed by atoms with E-state index in [2.05, 4.69) is 10.4 Å². The third kappa shape index (κ3) is 4.08. The topological polar surface area (TPSA) is 65.4 Å². The van der Waals surface area contributed by atoms with E-state index in [4.69, 9.17) is 9.47 Å². The summed E-state index contributed by atoms with van der Waals surface area (Å²) in [5.41, 5.74) is 2.67. The predicted octanol–water partition coefficient (Wildman–Crippen LogP) is 3.17. The first kappa shape index (κ1) is 18.4. The predicted molar refractivity (Wildman–Crippen MR) is 99.3 cm³/mol. The number of nitrogens with zero attached hydrogens (tertiary/aromatic N) is 2. The van der Waals surface area contributed by atoms with E-state index >= 15 is 0 Å². The molecule has 1 amide bonds. The van der Waals surface area contributed by atoms with Crippen LogP contribution in [0, 0.1) is 5.82 Å². The van der Waals surface area contributed by atoms with E-state index in [0.29, 0.717) is 18.0 Å². The van der Waals surface area contributed by atoms with Crippen molar-refractivity contribution in [2.45, 2.75) is 6.54 Å². The molecule has 6 nitrogen and oxygen atoms in total. The summed E-state index contributed by atoms with van der Waals surface area (Å²) in [5.74, 6) is 0.615. The van der Waals surface area contributed by atoms with E-state index in [0.717, 1.165) is 16.8 Å². The van der Waals surface area contributed by atoms with Gasteiger partial charge >= 0.3 is 0 Å². The second kappa shape index (κ2) is 7.90. The number of rotatable bonds is 6. The van der Waals surface area contributed by atoms with E-state index in [1.807, 2.05) is 12.1 Å². The molecule has 1 heterocycles. The van der Waals surface area contributed by atoms with Crippen molar-refractivity contribution in [2.24, 2.45) is 7.05 Å². The summed E-state index contributed by atoms with van der Waals surface area (Å²) in [6, 6.07) is 13.2. The smallest absolute Gasteiger partial charge is 0.272 e. The van der Waals surface area contributed by atoms with Crippen molar-refractivity contribution in [1.82, 2.24) is 15.1 Å². The Labute approximate surface area is 156 Å². The molecule has 0 radical (unpaired) electrons. The second-order valence-corrected chi connectivity index (χ2v) is 5.92. The number of carbonyl (C=O) groups excluding carboxylic acids is 1. The van der Waals surface area contributed by atoms with Crippen molar-refractivity contribution in [1.29, 1.82) is 0 Å². The zero-order valence-corrected chi connectivity index (χ0v) is 15.3. The Morgan fingerprint density at radius 2 is 1.78 bits per heavy atom. The minimum Gasteiger partial charge on any atom is -0.493 e. The molecule has 0 fully saturated rings. The normalized spacial score (nSPS) is 10.5. The highest BCUT2D eigenvalue weighted by Gasteiger charge is 2.14. The highest BCUT2D eigenvalue weighted by molar-refractivity contribution is 5.93. The molecule has 0 atom stereocenters. The molecule has 0 aliphatic carbocycles. The maximum Gasteiger partial charge on any atom is 0.272 e. The fourth-order valence-electron chi connectivity index (χ4n) is 2.73. The number of hydrogen-bond acceptors (Lipinski definition) is 4. The summed E-state index contributed by atoms with van der Waals surface area (Å²) < 4.78 is 25.2. The third-order valence-corrected chi connectivity index (χ3v) is 4.15. The number of benzene rings is 2. The summed E-state index contributed by atoms with van der Waals surface area (Å²) in [5, 5.41) is 7.08. The molecule has 1 aromatic heterocycles. The summed E-state index contributed by atoms with van der Waals surface area (Å²) in [7, 11) is 4.87. The lowest BCUT2D eigenvalue weighted by Gasteiger charge is -2.10. The Morgan fingerprint density at radius 1 is 1.07 bits per heavy atom. The van der Waals surface area contributed by atoms with E-state index in [1.54, 1.807) is 50.2 Å². The molecule has 3 rings (SSSR count). The number of methoxy groups -OCH3 is 2. The van der Waals surface area contributed by atoms with E-state index < -0.39 is 0 Å². The molecule has 0 aliphatic heterocycles. The van der Waals surface area contributed by atoms with Crippen LogP contribution in [0.25, 0.3) is 11.3 Å². The van der Waals surface area contributed by atoms with Crippen LogP contribution in [0.15, 0.2) is 48.5 Å². The first-order valence-electron chi connectivity index (χ1n) is 8.31. The van der Waals surface area contributed by atoms with Crippen molar-refractivity contribution in [3.05, 3.63) is 65.6 Å². The van der Waals surface area contributed by atoms with Crippen LogP contribution in [0.1, 0.15) is 16.1 Å². The van der Waals surface area contributed by atoms with Crippen LogP contribution in [0.5, 0.6) is 11.5 Å². The van der Waals surface area contributed by atoms with E-state index in [-0.39, 0.29) is 17.4 Å². The number of aromatic nitrogens is 2. The van der Waals surface area contributed by atoms with Crippen molar-refractivity contribution in [3.8, 4) is 22.8 Å². The van der Waals surface area contributed by atoms with Gasteiger partial charge in [-0.2, -0.15) is 5.10 Å². The first-order chi connectivity index (χ1) is 13.0. The Morgan fingerprint density at radius 3 is 2.44 bits per heavy atom. The van der Waals surface area contributed by atoms with Gasteiger partial charge in [0.1, 0.15) is 5.82 Å². The molecule has 0 spiro atoms. The van der Waals surface area contributed by atoms with Crippen LogP contribution >= 0.6 is 0 Å². The largest absolute Gasteiger partial charge is 0.493 e. The van der Waals surface area contributed by atoms with Gasteiger partial charge in [-0.05, 0) is 53.6 Å². The minimum absolute atomic E-state index is 0.289. The number of hydrogen-bond donors (Lipinski definition) is 1. The highest BCUT2D eigenvalue weighted by atomic mass is 19.1. The SMILES string of the molecule is COc1ccc(CNC(=O)c2cc(-c3ccc(F)cc3)n(C)n2)cc1OC. The van der Waals surface area contributed by atoms with Crippen LogP contribution in [0.4, 0.5) is 4.39 Å². The molecule has 2 aromatic carbocycles. The highest BCUT2D eigenvalue weighted by Crippen LogP contribution is 2.27. The standard InChI is InChI=1S/C20H20FN3O3/c1-24-17(14-5-7-15(21)8-6-14)11-16(23-24)20(25)22-12-13-4-9-18(26-2)19(10-13)27-3/h4-11H,12H2,1-3H3,(H,22,25). The Bertz CT molecular complexity index is 952. The van der Waals surface area contributed by atoms with Crippen molar-refractivity contribution in [2.75, 3.05) is 14.2 Å². The first-order valence-corrected chi connectivity index (χ1v) is 8.31. The van der Waals surface area contributed by atoms with Crippen LogP contribution in [-0.4, -0.2) is 29.9 Å². The van der Waals surface area contributed by atoms with Gasteiger partial charge in [-0.3, -0.25) is 9.48 Å². The lowest BCUT2D eigenvalue weighted by atomic mass is 10.1. The molecular weight excluding hydrogens is 349 g/mol. The third-order valence-electron chi connectivity index (χ3n) is 4.15. The molecule has 0 unspecified atom stereocenters. The Hall–Kier alpha value is -3.35. The van der Waals surface area contributed by atoms with Gasteiger partial charge in [0.15, 0.2) is 17.2 Å². The summed E-state index contributed by atoms with van der Waals surface area (Å²) in [4.78, 5) is 12.4. The van der Waals surface area contributed by atoms with Gasteiger partial charge in [-0.25, -0.2) is 4.39 Å². The summed E-state index contributed by atoms with van der Waals surface area (Å²) in [6.07, 6.45) is 0. The second-order valence-electron chi connectivity index (χ2n) is 5.92. The maximum absolute atomic E-state index is 13.1. The zero-order valence-electron chi connectivity index (χ0n) is 15.3. The van der Waals surface area contributed by atoms with Crippen molar-refractivity contribution < 1.29 is 18.7 Å². The lowest BCUT2D eigenvalue weighted by molar-refractivity contribution is 0.0945. The molecule has 0 saturated heterocycles. The number of halogens is 1. The monoisotopic (exact) mass is 369 g/mol. The van der Waals surface area contributed by atoms with Gasteiger partial charge in [-0.15, -0.1) is 0 Å². The number of nitrogens with one attached hydrogen (secondary N) is 1. The number of amides is 1. The van der Waals surface area contributed by atoms with Crippen LogP contribution in [-0.2, 0) is 13.6 Å². The summed E-state index contributed by atoms with van der Waals surface area (Å²) in [6.45, 7) is 0.321. The van der Waals surface area contributed by atoms with Gasteiger partial charge in [0.05, 0.1) is 19.9 Å². The van der Waals surface area contributed by atoms with Crippen molar-refractivity contribution >= 4 is 5.91 Å². The molecule has 3 aromatic rings. The van der Waals surface area contributed by atoms with Crippen LogP contribution < -0.4 is 14.8 Å². The molecule has 7 heteroatoms. The minimum atomic E-state index is -0.311. The summed E-state index contributed by atoms with van der Waals surface area (Å²) >= 11 is 0. The van der Waals surface area contributed by atoms with E-state index in [9.17, 15) is 9.18 Å². The van der Waals surface area contributed by atoms with Gasteiger partial charge in [0, 0.05) is 13.6 Å². The maximum atomic E-state index is 13.1. The number of carbonyl (C=O) groups is 1. The molecule has 27 heavy (non-hydrogen) atoms. The van der Waals surface area contributed by atoms with Gasteiger partial charge in [-0.1, -0.05) is 6.07 Å². The lowest BCUT2D eigenvalue weighted by Crippen LogP contribution is -2.23. The van der Waals surface area contributed by atoms with Crippen molar-refractivity contribution in [3.63, 3.8) is 0 Å². The fraction of sp³-hybridized carbons (Fsp3) is 0.200. The molecular formula is C20H20FN3O3. The van der Waals surface area contributed by atoms with Gasteiger partial charge in [0.25, 0.3) is 5.91 Å². The average Bonchev–Trinajstić information content (AvgIpc) is 3.08. The Balaban J connectivity index is 1.72. The number of ether oxygens (including phenoxy) is 2. The molecule has 1 N–H and O–H groups in total. The molecule has 140 valence electrons. The molecule has 0 saturated carbocycles. The van der Waals surface area contributed by atoms with E-state index in [1.165, 1.54) is 12.1 Å². The van der Waals surface area contributed by atoms with Crippen LogP contribution in [0.3, 0.4) is 0 Å². The zero-order chi connectivity index (χ0) is 19.4. The van der Waals surface area contributed by atoms with Gasteiger partial charge in [0.2, 0.25) is 0 Å². The average molecular weight is 369 g/mol. The molecule has 0 aliphatic rings. The van der Waals surface area contributed by atoms with Gasteiger partial charge < -0.3 is 14.8 Å². The quantitative estimate of drug-likeness (QED) is 0.725. The van der Waals surface area contributed by atoms with Crippen LogP contribution in [0.2, 0.25) is 0 Å². The number of aryl methyl sites for hydroxylation is 1. The Kier molecular flexibility index (Phi) is 5.40. The molecule has 0 bridgehead atoms. The fourth-order valence-corrected chi connectivity index (χ4v) is 2.73.